The van der Waals surface area contributed by atoms with Crippen LogP contribution in [0.15, 0.2) is 6.07 Å². The van der Waals surface area contributed by atoms with Gasteiger partial charge in [-0.1, -0.05) is 0 Å². The second-order valence-electron chi connectivity index (χ2n) is 4.71. The number of primary amides is 1. The van der Waals surface area contributed by atoms with Crippen LogP contribution in [-0.4, -0.2) is 43.7 Å². The van der Waals surface area contributed by atoms with Crippen LogP contribution in [0.25, 0.3) is 0 Å². The number of hydrogen-bond donors (Lipinski definition) is 1. The van der Waals surface area contributed by atoms with Crippen LogP contribution >= 0.6 is 0 Å². The molecule has 2 N–H and O–H groups in total. The van der Waals surface area contributed by atoms with E-state index in [1.165, 1.54) is 0 Å². The summed E-state index contributed by atoms with van der Waals surface area (Å²) in [6.45, 7) is 0.374. The Labute approximate surface area is 115 Å². The molecule has 2 heterocycles. The molecule has 20 heavy (non-hydrogen) atoms. The van der Waals surface area contributed by atoms with Gasteiger partial charge in [0.2, 0.25) is 12.5 Å². The van der Waals surface area contributed by atoms with E-state index in [-0.39, 0.29) is 25.1 Å². The Hall–Kier alpha value is -2.44. The SMILES string of the molecule is CN1CCc2cc3c(c(OCC(N)=O)c2C1=O)OCO3. The van der Waals surface area contributed by atoms with E-state index in [0.29, 0.717) is 30.0 Å². The lowest BCUT2D eigenvalue weighted by Crippen LogP contribution is -2.35. The Morgan fingerprint density at radius 2 is 2.30 bits per heavy atom. The van der Waals surface area contributed by atoms with Crippen LogP contribution in [-0.2, 0) is 11.2 Å². The molecule has 0 spiro atoms. The minimum Gasteiger partial charge on any atom is -0.479 e. The van der Waals surface area contributed by atoms with E-state index in [4.69, 9.17) is 19.9 Å². The number of fused-ring (bicyclic) bond motifs is 2. The normalized spacial score (nSPS) is 16.1. The molecule has 0 atom stereocenters. The fourth-order valence-electron chi connectivity index (χ4n) is 2.36. The van der Waals surface area contributed by atoms with Crippen LogP contribution in [0, 0.1) is 0 Å². The molecule has 0 saturated heterocycles. The summed E-state index contributed by atoms with van der Waals surface area (Å²) in [5.74, 6) is 0.343. The second-order valence-corrected chi connectivity index (χ2v) is 4.71. The molecular formula is C13H14N2O5. The van der Waals surface area contributed by atoms with Crippen LogP contribution < -0.4 is 19.9 Å². The average molecular weight is 278 g/mol. The monoisotopic (exact) mass is 278 g/mol. The number of nitrogens with two attached hydrogens (primary N) is 1. The van der Waals surface area contributed by atoms with E-state index < -0.39 is 5.91 Å². The number of rotatable bonds is 3. The zero-order chi connectivity index (χ0) is 14.3. The van der Waals surface area contributed by atoms with Crippen molar-refractivity contribution >= 4 is 11.8 Å². The zero-order valence-corrected chi connectivity index (χ0v) is 11.0. The summed E-state index contributed by atoms with van der Waals surface area (Å²) in [6, 6.07) is 1.79. The molecule has 0 aliphatic carbocycles. The van der Waals surface area contributed by atoms with Crippen LogP contribution in [0.3, 0.4) is 0 Å². The Balaban J connectivity index is 2.11. The molecule has 2 aliphatic heterocycles. The molecule has 106 valence electrons. The predicted octanol–water partition coefficient (Wildman–Crippen LogP) is -0.0925. The molecule has 7 heteroatoms. The van der Waals surface area contributed by atoms with Crippen LogP contribution in [0.2, 0.25) is 0 Å². The molecule has 0 unspecified atom stereocenters. The van der Waals surface area contributed by atoms with Gasteiger partial charge in [-0.2, -0.15) is 0 Å². The van der Waals surface area contributed by atoms with Crippen molar-refractivity contribution in [2.24, 2.45) is 5.73 Å². The van der Waals surface area contributed by atoms with E-state index in [2.05, 4.69) is 0 Å². The molecule has 7 nitrogen and oxygen atoms in total. The van der Waals surface area contributed by atoms with Crippen molar-refractivity contribution in [2.45, 2.75) is 6.42 Å². The van der Waals surface area contributed by atoms with Gasteiger partial charge >= 0.3 is 0 Å². The minimum atomic E-state index is -0.619. The smallest absolute Gasteiger partial charge is 0.257 e. The Bertz CT molecular complexity index is 599. The number of ether oxygens (including phenoxy) is 3. The summed E-state index contributed by atoms with van der Waals surface area (Å²) in [7, 11) is 1.72. The molecular weight excluding hydrogens is 264 g/mol. The highest BCUT2D eigenvalue weighted by Gasteiger charge is 2.33. The largest absolute Gasteiger partial charge is 0.479 e. The first-order valence-electron chi connectivity index (χ1n) is 6.20. The van der Waals surface area contributed by atoms with Crippen molar-refractivity contribution in [2.75, 3.05) is 27.0 Å². The van der Waals surface area contributed by atoms with E-state index in [1.54, 1.807) is 18.0 Å². The van der Waals surface area contributed by atoms with Crippen molar-refractivity contribution in [3.05, 3.63) is 17.2 Å². The third-order valence-corrected chi connectivity index (χ3v) is 3.34. The maximum atomic E-state index is 12.3. The van der Waals surface area contributed by atoms with Gasteiger partial charge in [0.1, 0.15) is 0 Å². The van der Waals surface area contributed by atoms with Crippen LogP contribution in [0.1, 0.15) is 15.9 Å². The quantitative estimate of drug-likeness (QED) is 0.834. The molecule has 0 fully saturated rings. The highest BCUT2D eigenvalue weighted by Crippen LogP contribution is 2.46. The van der Waals surface area contributed by atoms with Gasteiger partial charge in [-0.15, -0.1) is 0 Å². The average Bonchev–Trinajstić information content (AvgIpc) is 2.87. The topological polar surface area (TPSA) is 91.1 Å². The fourth-order valence-corrected chi connectivity index (χ4v) is 2.36. The van der Waals surface area contributed by atoms with Crippen LogP contribution in [0.5, 0.6) is 17.2 Å². The van der Waals surface area contributed by atoms with Gasteiger partial charge in [0, 0.05) is 13.6 Å². The number of hydrogen-bond acceptors (Lipinski definition) is 5. The third kappa shape index (κ3) is 1.91. The molecule has 0 saturated carbocycles. The molecule has 1 aromatic rings. The van der Waals surface area contributed by atoms with Gasteiger partial charge in [0.05, 0.1) is 5.56 Å². The first kappa shape index (κ1) is 12.6. The summed E-state index contributed by atoms with van der Waals surface area (Å²) >= 11 is 0. The molecule has 0 radical (unpaired) electrons. The Morgan fingerprint density at radius 3 is 3.05 bits per heavy atom. The lowest BCUT2D eigenvalue weighted by molar-refractivity contribution is -0.120. The second kappa shape index (κ2) is 4.59. The highest BCUT2D eigenvalue weighted by atomic mass is 16.7. The zero-order valence-electron chi connectivity index (χ0n) is 11.0. The van der Waals surface area contributed by atoms with Gasteiger partial charge in [-0.3, -0.25) is 9.59 Å². The number of carbonyl (C=O) groups is 2. The van der Waals surface area contributed by atoms with Gasteiger partial charge in [-0.05, 0) is 18.1 Å². The number of benzene rings is 1. The van der Waals surface area contributed by atoms with Gasteiger partial charge in [0.15, 0.2) is 18.1 Å². The van der Waals surface area contributed by atoms with Crippen molar-refractivity contribution in [3.63, 3.8) is 0 Å². The van der Waals surface area contributed by atoms with Crippen molar-refractivity contribution in [1.29, 1.82) is 0 Å². The number of amides is 2. The first-order chi connectivity index (χ1) is 9.58. The highest BCUT2D eigenvalue weighted by molar-refractivity contribution is 6.01. The van der Waals surface area contributed by atoms with E-state index in [0.717, 1.165) is 5.56 Å². The van der Waals surface area contributed by atoms with Crippen molar-refractivity contribution in [1.82, 2.24) is 4.90 Å². The molecule has 3 rings (SSSR count). The number of carbonyl (C=O) groups excluding carboxylic acids is 2. The van der Waals surface area contributed by atoms with Crippen LogP contribution in [0.4, 0.5) is 0 Å². The minimum absolute atomic E-state index is 0.0647. The maximum absolute atomic E-state index is 12.3. The van der Waals surface area contributed by atoms with E-state index in [1.807, 2.05) is 0 Å². The third-order valence-electron chi connectivity index (χ3n) is 3.34. The standard InChI is InChI=1S/C13H14N2O5/c1-15-3-2-7-4-8-11(20-6-19-8)12(10(7)13(15)17)18-5-9(14)16/h4H,2-3,5-6H2,1H3,(H2,14,16). The van der Waals surface area contributed by atoms with Gasteiger partial charge in [-0.25, -0.2) is 0 Å². The molecule has 2 aliphatic rings. The summed E-state index contributed by atoms with van der Waals surface area (Å²) < 4.78 is 16.1. The fraction of sp³-hybridized carbons (Fsp3) is 0.385. The predicted molar refractivity (Wildman–Crippen MR) is 67.9 cm³/mol. The lowest BCUT2D eigenvalue weighted by Gasteiger charge is -2.26. The lowest BCUT2D eigenvalue weighted by atomic mass is 9.97. The van der Waals surface area contributed by atoms with E-state index in [9.17, 15) is 9.59 Å². The van der Waals surface area contributed by atoms with Crippen molar-refractivity contribution < 1.29 is 23.8 Å². The molecule has 2 amide bonds. The van der Waals surface area contributed by atoms with E-state index >= 15 is 0 Å². The summed E-state index contributed by atoms with van der Waals surface area (Å²) in [5.41, 5.74) is 6.34. The van der Waals surface area contributed by atoms with Crippen molar-refractivity contribution in [3.8, 4) is 17.2 Å². The summed E-state index contributed by atoms with van der Waals surface area (Å²) in [5, 5.41) is 0. The first-order valence-corrected chi connectivity index (χ1v) is 6.20. The Kier molecular flexibility index (Phi) is 2.89. The van der Waals surface area contributed by atoms with Gasteiger partial charge in [0.25, 0.3) is 11.8 Å². The maximum Gasteiger partial charge on any atom is 0.257 e. The summed E-state index contributed by atoms with van der Waals surface area (Å²) in [4.78, 5) is 24.8. The number of nitrogens with zero attached hydrogens (tertiary/aromatic N) is 1. The number of likely N-dealkylation sites (N-methyl/N-ethyl adjacent to an activating group) is 1. The molecule has 0 bridgehead atoms. The molecule has 0 aromatic heterocycles. The summed E-state index contributed by atoms with van der Waals surface area (Å²) in [6.07, 6.45) is 0.696. The van der Waals surface area contributed by atoms with Gasteiger partial charge < -0.3 is 24.8 Å². The molecule has 1 aromatic carbocycles. The Morgan fingerprint density at radius 1 is 1.50 bits per heavy atom.